The highest BCUT2D eigenvalue weighted by molar-refractivity contribution is 6.06. The van der Waals surface area contributed by atoms with Gasteiger partial charge in [-0.3, -0.25) is 9.69 Å². The number of aryl methyl sites for hydroxylation is 1. The van der Waals surface area contributed by atoms with Crippen LogP contribution >= 0.6 is 0 Å². The fourth-order valence-corrected chi connectivity index (χ4v) is 5.04. The van der Waals surface area contributed by atoms with Gasteiger partial charge in [0.1, 0.15) is 17.3 Å². The third-order valence-corrected chi connectivity index (χ3v) is 6.55. The number of anilines is 1. The lowest BCUT2D eigenvalue weighted by Gasteiger charge is -2.59. The minimum Gasteiger partial charge on any atom is -0.465 e. The number of amides is 1. The van der Waals surface area contributed by atoms with Crippen molar-refractivity contribution in [3.63, 3.8) is 0 Å². The number of hydrogen-bond acceptors (Lipinski definition) is 3. The molecule has 1 spiro atoms. The summed E-state index contributed by atoms with van der Waals surface area (Å²) in [4.78, 5) is 17.6. The highest BCUT2D eigenvalue weighted by atomic mass is 19.1. The molecular weight excluding hydrogens is 379 g/mol. The Balaban J connectivity index is 1.41. The van der Waals surface area contributed by atoms with Crippen LogP contribution in [0.3, 0.4) is 0 Å². The van der Waals surface area contributed by atoms with Crippen molar-refractivity contribution in [1.29, 1.82) is 0 Å². The van der Waals surface area contributed by atoms with Gasteiger partial charge in [-0.05, 0) is 68.8 Å². The molecule has 1 amide bonds. The van der Waals surface area contributed by atoms with Crippen molar-refractivity contribution in [2.75, 3.05) is 18.0 Å². The molecule has 1 atom stereocenters. The predicted molar refractivity (Wildman–Crippen MR) is 113 cm³/mol. The first-order chi connectivity index (χ1) is 14.6. The largest absolute Gasteiger partial charge is 0.465 e. The maximum absolute atomic E-state index is 13.9. The standard InChI is InChI=1S/C25H25FN2O2/c1-18-10-11-22(30-18)17-27-14-12-25(13-15-27)23(19-6-3-2-4-7-19)28(24(25)29)21-9-5-8-20(26)16-21/h2-11,16,23H,12-15,17H2,1H3. The molecule has 5 heteroatoms. The fourth-order valence-electron chi connectivity index (χ4n) is 5.04. The van der Waals surface area contributed by atoms with Gasteiger partial charge >= 0.3 is 0 Å². The van der Waals surface area contributed by atoms with E-state index >= 15 is 0 Å². The number of halogens is 1. The van der Waals surface area contributed by atoms with E-state index in [4.69, 9.17) is 4.42 Å². The van der Waals surface area contributed by atoms with E-state index in [0.717, 1.165) is 49.6 Å². The van der Waals surface area contributed by atoms with Gasteiger partial charge < -0.3 is 9.32 Å². The third kappa shape index (κ3) is 3.14. The minimum absolute atomic E-state index is 0.0685. The zero-order chi connectivity index (χ0) is 20.7. The number of carbonyl (C=O) groups excluding carboxylic acids is 1. The molecular formula is C25H25FN2O2. The third-order valence-electron chi connectivity index (χ3n) is 6.55. The van der Waals surface area contributed by atoms with Gasteiger partial charge in [0.2, 0.25) is 5.91 Å². The molecule has 2 aromatic carbocycles. The molecule has 30 heavy (non-hydrogen) atoms. The summed E-state index contributed by atoms with van der Waals surface area (Å²) >= 11 is 0. The average molecular weight is 404 g/mol. The lowest BCUT2D eigenvalue weighted by molar-refractivity contribution is -0.145. The van der Waals surface area contributed by atoms with Crippen LogP contribution in [0.15, 0.2) is 71.1 Å². The Kier molecular flexibility index (Phi) is 4.70. The SMILES string of the molecule is Cc1ccc(CN2CCC3(CC2)C(=O)N(c2cccc(F)c2)C3c2ccccc2)o1. The molecule has 3 aromatic rings. The number of benzene rings is 2. The minimum atomic E-state index is -0.427. The first-order valence-corrected chi connectivity index (χ1v) is 10.5. The van der Waals surface area contributed by atoms with Crippen molar-refractivity contribution in [3.05, 3.63) is 89.6 Å². The molecule has 1 unspecified atom stereocenters. The van der Waals surface area contributed by atoms with Crippen LogP contribution in [0.4, 0.5) is 10.1 Å². The zero-order valence-corrected chi connectivity index (χ0v) is 17.1. The van der Waals surface area contributed by atoms with Crippen LogP contribution in [0, 0.1) is 18.2 Å². The first kappa shape index (κ1) is 19.1. The predicted octanol–water partition coefficient (Wildman–Crippen LogP) is 5.10. The van der Waals surface area contributed by atoms with Gasteiger partial charge in [0, 0.05) is 5.69 Å². The van der Waals surface area contributed by atoms with Gasteiger partial charge in [-0.25, -0.2) is 4.39 Å². The fraction of sp³-hybridized carbons (Fsp3) is 0.320. The lowest BCUT2D eigenvalue weighted by atomic mass is 9.62. The quantitative estimate of drug-likeness (QED) is 0.568. The van der Waals surface area contributed by atoms with Crippen molar-refractivity contribution in [2.45, 2.75) is 32.4 Å². The average Bonchev–Trinajstić information content (AvgIpc) is 3.17. The van der Waals surface area contributed by atoms with Gasteiger partial charge in [-0.1, -0.05) is 36.4 Å². The van der Waals surface area contributed by atoms with Crippen LogP contribution in [-0.2, 0) is 11.3 Å². The zero-order valence-electron chi connectivity index (χ0n) is 17.1. The molecule has 2 aliphatic heterocycles. The molecule has 1 aromatic heterocycles. The second kappa shape index (κ2) is 7.40. The highest BCUT2D eigenvalue weighted by Gasteiger charge is 2.61. The van der Waals surface area contributed by atoms with Crippen molar-refractivity contribution < 1.29 is 13.6 Å². The van der Waals surface area contributed by atoms with Gasteiger partial charge in [-0.15, -0.1) is 0 Å². The van der Waals surface area contributed by atoms with E-state index in [2.05, 4.69) is 17.0 Å². The van der Waals surface area contributed by atoms with Gasteiger partial charge in [0.15, 0.2) is 0 Å². The van der Waals surface area contributed by atoms with Crippen LogP contribution in [0.2, 0.25) is 0 Å². The summed E-state index contributed by atoms with van der Waals surface area (Å²) in [5, 5.41) is 0. The molecule has 2 saturated heterocycles. The molecule has 2 fully saturated rings. The van der Waals surface area contributed by atoms with Crippen LogP contribution in [0.5, 0.6) is 0 Å². The summed E-state index contributed by atoms with van der Waals surface area (Å²) in [7, 11) is 0. The summed E-state index contributed by atoms with van der Waals surface area (Å²) in [6, 6.07) is 20.4. The molecule has 0 saturated carbocycles. The summed E-state index contributed by atoms with van der Waals surface area (Å²) in [5.74, 6) is 1.67. The summed E-state index contributed by atoms with van der Waals surface area (Å²) in [6.07, 6.45) is 1.58. The Hall–Kier alpha value is -2.92. The summed E-state index contributed by atoms with van der Waals surface area (Å²) in [5.41, 5.74) is 1.31. The number of carbonyl (C=O) groups is 1. The summed E-state index contributed by atoms with van der Waals surface area (Å²) < 4.78 is 19.6. The maximum atomic E-state index is 13.9. The lowest BCUT2D eigenvalue weighted by Crippen LogP contribution is -2.66. The van der Waals surface area contributed by atoms with E-state index < -0.39 is 5.41 Å². The second-order valence-electron chi connectivity index (χ2n) is 8.41. The van der Waals surface area contributed by atoms with Gasteiger partial charge in [-0.2, -0.15) is 0 Å². The Labute approximate surface area is 175 Å². The van der Waals surface area contributed by atoms with Crippen LogP contribution in [-0.4, -0.2) is 23.9 Å². The van der Waals surface area contributed by atoms with E-state index in [-0.39, 0.29) is 17.8 Å². The van der Waals surface area contributed by atoms with Crippen molar-refractivity contribution in [1.82, 2.24) is 4.90 Å². The van der Waals surface area contributed by atoms with E-state index in [9.17, 15) is 9.18 Å². The first-order valence-electron chi connectivity index (χ1n) is 10.5. The number of likely N-dealkylation sites (tertiary alicyclic amines) is 1. The van der Waals surface area contributed by atoms with Crippen molar-refractivity contribution in [3.8, 4) is 0 Å². The molecule has 3 heterocycles. The van der Waals surface area contributed by atoms with E-state index in [1.807, 2.05) is 43.3 Å². The Bertz CT molecular complexity index is 1050. The normalized spacial score (nSPS) is 21.1. The second-order valence-corrected chi connectivity index (χ2v) is 8.41. The highest BCUT2D eigenvalue weighted by Crippen LogP contribution is 2.57. The smallest absolute Gasteiger partial charge is 0.236 e. The number of rotatable bonds is 4. The molecule has 2 aliphatic rings. The molecule has 0 bridgehead atoms. The number of piperidine rings is 1. The number of furan rings is 1. The number of β-lactam (4-membered cyclic amide) rings is 1. The van der Waals surface area contributed by atoms with Gasteiger partial charge in [0.25, 0.3) is 0 Å². The maximum Gasteiger partial charge on any atom is 0.236 e. The molecule has 0 radical (unpaired) electrons. The van der Waals surface area contributed by atoms with E-state index in [0.29, 0.717) is 5.69 Å². The molecule has 4 nitrogen and oxygen atoms in total. The monoisotopic (exact) mass is 404 g/mol. The van der Waals surface area contributed by atoms with Crippen molar-refractivity contribution in [2.24, 2.45) is 5.41 Å². The Morgan fingerprint density at radius 2 is 1.80 bits per heavy atom. The Morgan fingerprint density at radius 1 is 1.03 bits per heavy atom. The number of nitrogens with zero attached hydrogens (tertiary/aromatic N) is 2. The topological polar surface area (TPSA) is 36.7 Å². The molecule has 0 N–H and O–H groups in total. The van der Waals surface area contributed by atoms with Crippen LogP contribution < -0.4 is 4.90 Å². The molecule has 5 rings (SSSR count). The molecule has 0 aliphatic carbocycles. The Morgan fingerprint density at radius 3 is 2.47 bits per heavy atom. The van der Waals surface area contributed by atoms with Gasteiger partial charge in [0.05, 0.1) is 18.0 Å². The van der Waals surface area contributed by atoms with Crippen molar-refractivity contribution >= 4 is 11.6 Å². The summed E-state index contributed by atoms with van der Waals surface area (Å²) in [6.45, 7) is 4.40. The van der Waals surface area contributed by atoms with E-state index in [1.54, 1.807) is 11.0 Å². The molecule has 154 valence electrons. The number of hydrogen-bond donors (Lipinski definition) is 0. The van der Waals surface area contributed by atoms with Crippen LogP contribution in [0.1, 0.15) is 36.0 Å². The van der Waals surface area contributed by atoms with E-state index in [1.165, 1.54) is 12.1 Å². The van der Waals surface area contributed by atoms with Crippen LogP contribution in [0.25, 0.3) is 0 Å².